The monoisotopic (exact) mass is 862 g/mol. The van der Waals surface area contributed by atoms with Crippen molar-refractivity contribution in [3.8, 4) is 0 Å². The van der Waals surface area contributed by atoms with Crippen molar-refractivity contribution >= 4 is 35.4 Å². The molecule has 0 saturated heterocycles. The average Bonchev–Trinajstić information content (AvgIpc) is 3.51. The van der Waals surface area contributed by atoms with Crippen LogP contribution in [0.3, 0.4) is 0 Å². The van der Waals surface area contributed by atoms with Gasteiger partial charge >= 0.3 is 0 Å². The van der Waals surface area contributed by atoms with E-state index in [4.69, 9.17) is 9.47 Å². The first-order chi connectivity index (χ1) is 28.7. The van der Waals surface area contributed by atoms with Gasteiger partial charge in [-0.05, 0) is 53.4 Å². The molecule has 0 bridgehead atoms. The Bertz CT molecular complexity index is 1340. The summed E-state index contributed by atoms with van der Waals surface area (Å²) in [7, 11) is 0. The second kappa shape index (κ2) is 29.9. The summed E-state index contributed by atoms with van der Waals surface area (Å²) in [5, 5.41) is 11.7. The lowest BCUT2D eigenvalue weighted by Gasteiger charge is -2.32. The molecule has 0 saturated carbocycles. The number of imide groups is 1. The van der Waals surface area contributed by atoms with E-state index in [2.05, 4.69) is 28.2 Å². The number of unbranched alkanes of at least 4 members (excludes halogenated alkanes) is 14. The summed E-state index contributed by atoms with van der Waals surface area (Å²) in [5.74, 6) is -1.25. The highest BCUT2D eigenvalue weighted by Gasteiger charge is 2.32. The molecule has 61 heavy (non-hydrogen) atoms. The molecular formula is C48H87N5O8. The standard InChI is InChI=1S/C48H87N5O8/c1-10-11-12-13-14-15-16-17-18-19-20-21-22-23-24-25-39(54)50-33-34-51-43(58)45(2,3)31-37-61-48(8,9)38-52-44(59)46(4,5)30-36-60-47(6,7)29-32-49-40(55)28-35-53-41(56)26-27-42(53)57/h26-27H,10-25,28-38H2,1-9H3,(H,49,55)(H,50,54)(H,51,58)(H,52,59). The average molecular weight is 862 g/mol. The molecule has 4 N–H and O–H groups in total. The molecule has 0 fully saturated rings. The van der Waals surface area contributed by atoms with Crippen molar-refractivity contribution in [2.75, 3.05) is 45.9 Å². The summed E-state index contributed by atoms with van der Waals surface area (Å²) in [6.45, 7) is 19.6. The molecule has 0 aromatic rings. The Morgan fingerprint density at radius 1 is 0.508 bits per heavy atom. The van der Waals surface area contributed by atoms with Gasteiger partial charge in [0.05, 0.1) is 11.2 Å². The van der Waals surface area contributed by atoms with Crippen molar-refractivity contribution in [1.29, 1.82) is 0 Å². The first-order valence-electron chi connectivity index (χ1n) is 23.6. The molecule has 0 atom stereocenters. The van der Waals surface area contributed by atoms with Crippen LogP contribution in [0.1, 0.15) is 191 Å². The Hall–Kier alpha value is -3.32. The van der Waals surface area contributed by atoms with Crippen molar-refractivity contribution < 1.29 is 38.2 Å². The van der Waals surface area contributed by atoms with Crippen LogP contribution < -0.4 is 21.3 Å². The Labute approximate surface area is 369 Å². The van der Waals surface area contributed by atoms with Crippen LogP contribution in [0, 0.1) is 10.8 Å². The lowest BCUT2D eigenvalue weighted by molar-refractivity contribution is -0.137. The van der Waals surface area contributed by atoms with Gasteiger partial charge in [0.1, 0.15) is 0 Å². The minimum Gasteiger partial charge on any atom is -0.375 e. The SMILES string of the molecule is CCCCCCCCCCCCCCCCCC(=O)NCCNC(=O)C(C)(C)CCOC(C)(C)CNC(=O)C(C)(C)CCOC(C)(C)CCNC(=O)CCN1C(=O)C=CC1=O. The molecule has 13 nitrogen and oxygen atoms in total. The smallest absolute Gasteiger partial charge is 0.253 e. The number of carbonyl (C=O) groups excluding carboxylic acids is 6. The van der Waals surface area contributed by atoms with E-state index in [1.807, 2.05) is 55.4 Å². The second-order valence-electron chi connectivity index (χ2n) is 19.5. The van der Waals surface area contributed by atoms with Gasteiger partial charge in [0, 0.05) is 81.8 Å². The number of hydrogen-bond acceptors (Lipinski definition) is 8. The van der Waals surface area contributed by atoms with Crippen molar-refractivity contribution in [2.24, 2.45) is 10.8 Å². The molecule has 0 radical (unpaired) electrons. The Kier molecular flexibility index (Phi) is 27.3. The third-order valence-electron chi connectivity index (χ3n) is 11.6. The van der Waals surface area contributed by atoms with E-state index in [-0.39, 0.29) is 36.6 Å². The summed E-state index contributed by atoms with van der Waals surface area (Å²) < 4.78 is 12.2. The van der Waals surface area contributed by atoms with Gasteiger partial charge in [-0.3, -0.25) is 33.7 Å². The Balaban J connectivity index is 2.16. The quantitative estimate of drug-likeness (QED) is 0.0362. The van der Waals surface area contributed by atoms with Crippen LogP contribution in [-0.4, -0.2) is 97.5 Å². The first-order valence-corrected chi connectivity index (χ1v) is 23.6. The summed E-state index contributed by atoms with van der Waals surface area (Å²) >= 11 is 0. The predicted molar refractivity (Wildman–Crippen MR) is 244 cm³/mol. The molecule has 352 valence electrons. The van der Waals surface area contributed by atoms with Crippen LogP contribution in [-0.2, 0) is 38.2 Å². The zero-order valence-corrected chi connectivity index (χ0v) is 40.0. The number of carbonyl (C=O) groups is 6. The fourth-order valence-corrected chi connectivity index (χ4v) is 6.87. The minimum absolute atomic E-state index is 0.0311. The molecule has 6 amide bonds. The van der Waals surface area contributed by atoms with E-state index in [9.17, 15) is 28.8 Å². The molecule has 1 rings (SSSR count). The predicted octanol–water partition coefficient (Wildman–Crippen LogP) is 7.84. The van der Waals surface area contributed by atoms with E-state index in [0.29, 0.717) is 65.1 Å². The minimum atomic E-state index is -0.703. The molecule has 0 spiro atoms. The molecule has 13 heteroatoms. The maximum atomic E-state index is 13.2. The number of nitrogens with zero attached hydrogens (tertiary/aromatic N) is 1. The zero-order valence-electron chi connectivity index (χ0n) is 40.0. The van der Waals surface area contributed by atoms with Gasteiger partial charge in [0.15, 0.2) is 0 Å². The summed E-state index contributed by atoms with van der Waals surface area (Å²) in [6, 6.07) is 0. The third kappa shape index (κ3) is 26.7. The van der Waals surface area contributed by atoms with Crippen LogP contribution in [0.2, 0.25) is 0 Å². The highest BCUT2D eigenvalue weighted by Crippen LogP contribution is 2.25. The van der Waals surface area contributed by atoms with Gasteiger partial charge in [-0.2, -0.15) is 0 Å². The van der Waals surface area contributed by atoms with E-state index in [1.165, 1.54) is 95.6 Å². The van der Waals surface area contributed by atoms with Gasteiger partial charge in [0.25, 0.3) is 11.8 Å². The summed E-state index contributed by atoms with van der Waals surface area (Å²) in [5.41, 5.74) is -2.58. The molecule has 0 aromatic carbocycles. The first kappa shape index (κ1) is 55.7. The van der Waals surface area contributed by atoms with E-state index in [0.717, 1.165) is 17.7 Å². The molecule has 0 aromatic heterocycles. The summed E-state index contributed by atoms with van der Waals surface area (Å²) in [4.78, 5) is 75.0. The second-order valence-corrected chi connectivity index (χ2v) is 19.5. The topological polar surface area (TPSA) is 172 Å². The zero-order chi connectivity index (χ0) is 45.8. The lowest BCUT2D eigenvalue weighted by atomic mass is 9.88. The number of rotatable bonds is 37. The van der Waals surface area contributed by atoms with Crippen molar-refractivity contribution in [1.82, 2.24) is 26.2 Å². The largest absolute Gasteiger partial charge is 0.375 e. The fraction of sp³-hybridized carbons (Fsp3) is 0.833. The van der Waals surface area contributed by atoms with Crippen LogP contribution in [0.4, 0.5) is 0 Å². The number of ether oxygens (including phenoxy) is 2. The fourth-order valence-electron chi connectivity index (χ4n) is 6.87. The van der Waals surface area contributed by atoms with E-state index < -0.39 is 33.8 Å². The normalized spacial score (nSPS) is 13.5. The van der Waals surface area contributed by atoms with Crippen molar-refractivity contribution in [3.63, 3.8) is 0 Å². The highest BCUT2D eigenvalue weighted by molar-refractivity contribution is 6.13. The Morgan fingerprint density at radius 3 is 1.43 bits per heavy atom. The maximum absolute atomic E-state index is 13.2. The van der Waals surface area contributed by atoms with Crippen molar-refractivity contribution in [3.05, 3.63) is 12.2 Å². The van der Waals surface area contributed by atoms with E-state index >= 15 is 0 Å². The van der Waals surface area contributed by atoms with Gasteiger partial charge < -0.3 is 30.7 Å². The molecule has 0 aliphatic carbocycles. The maximum Gasteiger partial charge on any atom is 0.253 e. The molecule has 0 unspecified atom stereocenters. The lowest BCUT2D eigenvalue weighted by Crippen LogP contribution is -2.46. The van der Waals surface area contributed by atoms with Crippen molar-refractivity contribution in [2.45, 2.75) is 202 Å². The van der Waals surface area contributed by atoms with Gasteiger partial charge in [-0.15, -0.1) is 0 Å². The highest BCUT2D eigenvalue weighted by atomic mass is 16.5. The molecule has 1 aliphatic heterocycles. The number of nitrogens with one attached hydrogen (secondary N) is 4. The summed E-state index contributed by atoms with van der Waals surface area (Å²) in [6.07, 6.45) is 23.9. The molecular weight excluding hydrogens is 775 g/mol. The number of hydrogen-bond donors (Lipinski definition) is 4. The van der Waals surface area contributed by atoms with Crippen LogP contribution in [0.15, 0.2) is 12.2 Å². The van der Waals surface area contributed by atoms with Crippen LogP contribution >= 0.6 is 0 Å². The number of amides is 6. The third-order valence-corrected chi connectivity index (χ3v) is 11.6. The van der Waals surface area contributed by atoms with Crippen LogP contribution in [0.25, 0.3) is 0 Å². The van der Waals surface area contributed by atoms with Gasteiger partial charge in [0.2, 0.25) is 23.6 Å². The molecule has 1 heterocycles. The van der Waals surface area contributed by atoms with Gasteiger partial charge in [-0.1, -0.05) is 125 Å². The van der Waals surface area contributed by atoms with E-state index in [1.54, 1.807) is 0 Å². The van der Waals surface area contributed by atoms with Gasteiger partial charge in [-0.25, -0.2) is 0 Å². The Morgan fingerprint density at radius 2 is 0.918 bits per heavy atom. The molecule has 1 aliphatic rings. The van der Waals surface area contributed by atoms with Crippen LogP contribution in [0.5, 0.6) is 0 Å².